The van der Waals surface area contributed by atoms with Crippen LogP contribution in [0.3, 0.4) is 0 Å². The number of aliphatic carboxylic acids is 1. The maximum absolute atomic E-state index is 13.7. The van der Waals surface area contributed by atoms with Crippen LogP contribution in [-0.2, 0) is 4.79 Å². The second kappa shape index (κ2) is 9.39. The van der Waals surface area contributed by atoms with E-state index in [1.807, 2.05) is 42.5 Å². The molecule has 0 bridgehead atoms. The quantitative estimate of drug-likeness (QED) is 0.274. The summed E-state index contributed by atoms with van der Waals surface area (Å²) in [5.74, 6) is -1.38. The average Bonchev–Trinajstić information content (AvgIpc) is 3.27. The van der Waals surface area contributed by atoms with Crippen molar-refractivity contribution in [3.63, 3.8) is 0 Å². The molecule has 3 aromatic carbocycles. The number of aromatic nitrogens is 2. The van der Waals surface area contributed by atoms with E-state index in [1.165, 1.54) is 18.2 Å². The van der Waals surface area contributed by atoms with Gasteiger partial charge in [-0.15, -0.1) is 0 Å². The summed E-state index contributed by atoms with van der Waals surface area (Å²) in [5, 5.41) is 16.8. The van der Waals surface area contributed by atoms with Gasteiger partial charge in [-0.25, -0.2) is 9.18 Å². The molecule has 4 aromatic rings. The Morgan fingerprint density at radius 3 is 2.34 bits per heavy atom. The fourth-order valence-corrected chi connectivity index (χ4v) is 3.70. The lowest BCUT2D eigenvalue weighted by Crippen LogP contribution is -1.97. The molecule has 1 aromatic heterocycles. The standard InChI is InChI=1S/C26H20F2N2O2/c27-14-13-23(18-6-9-22(28)10-7-18)26(20-8-11-24-21(15-20)16-29-30-24)19-4-1-17(2-5-19)3-12-25(31)32/h1-12,15-16H,13-14H2,(H,29,30)(H,31,32)/b12-3+,26-23+. The molecule has 1 heterocycles. The first-order chi connectivity index (χ1) is 15.5. The second-order valence-corrected chi connectivity index (χ2v) is 7.27. The van der Waals surface area contributed by atoms with Crippen molar-refractivity contribution >= 4 is 34.1 Å². The van der Waals surface area contributed by atoms with Gasteiger partial charge in [0.05, 0.1) is 18.4 Å². The number of carboxylic acids is 1. The lowest BCUT2D eigenvalue weighted by molar-refractivity contribution is -0.131. The van der Waals surface area contributed by atoms with Crippen LogP contribution < -0.4 is 0 Å². The van der Waals surface area contributed by atoms with Gasteiger partial charge in [0.2, 0.25) is 0 Å². The highest BCUT2D eigenvalue weighted by Gasteiger charge is 2.15. The van der Waals surface area contributed by atoms with Gasteiger partial charge in [0.25, 0.3) is 0 Å². The minimum absolute atomic E-state index is 0.158. The van der Waals surface area contributed by atoms with Gasteiger partial charge in [-0.3, -0.25) is 9.49 Å². The molecule has 0 atom stereocenters. The van der Waals surface area contributed by atoms with Crippen molar-refractivity contribution in [2.45, 2.75) is 6.42 Å². The lowest BCUT2D eigenvalue weighted by Gasteiger charge is -2.17. The summed E-state index contributed by atoms with van der Waals surface area (Å²) in [6, 6.07) is 19.2. The average molecular weight is 430 g/mol. The molecule has 4 rings (SSSR count). The van der Waals surface area contributed by atoms with Crippen LogP contribution in [0.2, 0.25) is 0 Å². The highest BCUT2D eigenvalue weighted by atomic mass is 19.1. The van der Waals surface area contributed by atoms with E-state index < -0.39 is 12.6 Å². The van der Waals surface area contributed by atoms with Crippen molar-refractivity contribution in [1.82, 2.24) is 10.2 Å². The van der Waals surface area contributed by atoms with Crippen LogP contribution in [0, 0.1) is 5.82 Å². The van der Waals surface area contributed by atoms with Gasteiger partial charge in [-0.1, -0.05) is 42.5 Å². The summed E-state index contributed by atoms with van der Waals surface area (Å²) in [6.07, 6.45) is 4.47. The molecule has 0 saturated heterocycles. The van der Waals surface area contributed by atoms with E-state index in [9.17, 15) is 13.6 Å². The zero-order valence-electron chi connectivity index (χ0n) is 17.1. The number of nitrogens with one attached hydrogen (secondary N) is 1. The van der Waals surface area contributed by atoms with E-state index in [2.05, 4.69) is 10.2 Å². The molecule has 0 aliphatic carbocycles. The highest BCUT2D eigenvalue weighted by molar-refractivity contribution is 6.00. The van der Waals surface area contributed by atoms with E-state index in [0.29, 0.717) is 0 Å². The summed E-state index contributed by atoms with van der Waals surface area (Å²) in [6.45, 7) is -0.566. The molecule has 0 aliphatic heterocycles. The molecule has 0 radical (unpaired) electrons. The Morgan fingerprint density at radius 2 is 1.66 bits per heavy atom. The topological polar surface area (TPSA) is 66.0 Å². The second-order valence-electron chi connectivity index (χ2n) is 7.27. The van der Waals surface area contributed by atoms with Crippen LogP contribution in [-0.4, -0.2) is 27.9 Å². The smallest absolute Gasteiger partial charge is 0.328 e. The maximum Gasteiger partial charge on any atom is 0.328 e. The van der Waals surface area contributed by atoms with Crippen LogP contribution in [0.5, 0.6) is 0 Å². The van der Waals surface area contributed by atoms with E-state index in [4.69, 9.17) is 5.11 Å². The fourth-order valence-electron chi connectivity index (χ4n) is 3.70. The zero-order chi connectivity index (χ0) is 22.5. The molecule has 0 unspecified atom stereocenters. The Kier molecular flexibility index (Phi) is 6.22. The molecule has 0 saturated carbocycles. The van der Waals surface area contributed by atoms with Gasteiger partial charge in [0, 0.05) is 17.9 Å². The molecule has 0 aliphatic rings. The van der Waals surface area contributed by atoms with Crippen molar-refractivity contribution in [3.05, 3.63) is 107 Å². The number of hydrogen-bond donors (Lipinski definition) is 2. The first kappa shape index (κ1) is 21.2. The number of rotatable bonds is 7. The van der Waals surface area contributed by atoms with Gasteiger partial charge in [-0.05, 0) is 63.7 Å². The minimum Gasteiger partial charge on any atom is -0.478 e. The van der Waals surface area contributed by atoms with Crippen molar-refractivity contribution in [1.29, 1.82) is 0 Å². The number of nitrogens with zero attached hydrogens (tertiary/aromatic N) is 1. The molecule has 160 valence electrons. The van der Waals surface area contributed by atoms with E-state index in [0.717, 1.165) is 50.4 Å². The third kappa shape index (κ3) is 4.64. The third-order valence-corrected chi connectivity index (χ3v) is 5.19. The number of benzene rings is 3. The summed E-state index contributed by atoms with van der Waals surface area (Å²) in [5.41, 5.74) is 5.65. The third-order valence-electron chi connectivity index (χ3n) is 5.19. The van der Waals surface area contributed by atoms with Crippen molar-refractivity contribution in [3.8, 4) is 0 Å². The number of alkyl halides is 1. The largest absolute Gasteiger partial charge is 0.478 e. The Labute approximate surface area is 183 Å². The number of fused-ring (bicyclic) bond motifs is 1. The summed E-state index contributed by atoms with van der Waals surface area (Å²) in [4.78, 5) is 10.8. The number of allylic oxidation sites excluding steroid dienone is 1. The lowest BCUT2D eigenvalue weighted by atomic mass is 9.87. The Balaban J connectivity index is 1.91. The summed E-state index contributed by atoms with van der Waals surface area (Å²) in [7, 11) is 0. The van der Waals surface area contributed by atoms with Gasteiger partial charge in [0.1, 0.15) is 5.82 Å². The van der Waals surface area contributed by atoms with Crippen LogP contribution in [0.4, 0.5) is 8.78 Å². The predicted molar refractivity (Wildman–Crippen MR) is 122 cm³/mol. The van der Waals surface area contributed by atoms with Crippen molar-refractivity contribution in [2.24, 2.45) is 0 Å². The molecule has 0 amide bonds. The Hall–Kier alpha value is -4.06. The molecule has 0 spiro atoms. The number of aromatic amines is 1. The van der Waals surface area contributed by atoms with Gasteiger partial charge in [0.15, 0.2) is 0 Å². The van der Waals surface area contributed by atoms with Crippen molar-refractivity contribution < 1.29 is 18.7 Å². The number of carbonyl (C=O) groups is 1. The predicted octanol–water partition coefficient (Wildman–Crippen LogP) is 6.12. The number of halogens is 2. The SMILES string of the molecule is O=C(O)/C=C/c1ccc(/C(=C(/CCF)c2ccc(F)cc2)c2ccc3[nH]ncc3c2)cc1. The van der Waals surface area contributed by atoms with E-state index in [1.54, 1.807) is 18.3 Å². The normalized spacial score (nSPS) is 12.3. The van der Waals surface area contributed by atoms with E-state index >= 15 is 0 Å². The van der Waals surface area contributed by atoms with Crippen LogP contribution in [0.25, 0.3) is 28.1 Å². The first-order valence-electron chi connectivity index (χ1n) is 10.0. The van der Waals surface area contributed by atoms with Gasteiger partial charge in [-0.2, -0.15) is 5.10 Å². The van der Waals surface area contributed by atoms with Crippen LogP contribution in [0.1, 0.15) is 28.7 Å². The highest BCUT2D eigenvalue weighted by Crippen LogP contribution is 2.36. The number of hydrogen-bond acceptors (Lipinski definition) is 2. The molecule has 2 N–H and O–H groups in total. The van der Waals surface area contributed by atoms with Crippen LogP contribution in [0.15, 0.2) is 79.0 Å². The molecular formula is C26H20F2N2O2. The molecular weight excluding hydrogens is 410 g/mol. The molecule has 0 fully saturated rings. The van der Waals surface area contributed by atoms with Gasteiger partial charge < -0.3 is 5.11 Å². The Morgan fingerprint density at radius 1 is 0.969 bits per heavy atom. The summed E-state index contributed by atoms with van der Waals surface area (Å²) < 4.78 is 27.2. The summed E-state index contributed by atoms with van der Waals surface area (Å²) >= 11 is 0. The van der Waals surface area contributed by atoms with Crippen LogP contribution >= 0.6 is 0 Å². The first-order valence-corrected chi connectivity index (χ1v) is 10.0. The number of H-pyrrole nitrogens is 1. The number of carboxylic acid groups (broad SMARTS) is 1. The van der Waals surface area contributed by atoms with Gasteiger partial charge >= 0.3 is 5.97 Å². The zero-order valence-corrected chi connectivity index (χ0v) is 17.1. The van der Waals surface area contributed by atoms with E-state index in [-0.39, 0.29) is 12.2 Å². The monoisotopic (exact) mass is 430 g/mol. The minimum atomic E-state index is -1.02. The fraction of sp³-hybridized carbons (Fsp3) is 0.0769. The molecule has 32 heavy (non-hydrogen) atoms. The van der Waals surface area contributed by atoms with Crippen molar-refractivity contribution in [2.75, 3.05) is 6.67 Å². The Bertz CT molecular complexity index is 1300. The maximum atomic E-state index is 13.7. The molecule has 6 heteroatoms. The molecule has 4 nitrogen and oxygen atoms in total.